The fourth-order valence-electron chi connectivity index (χ4n) is 1.43. The molecule has 78 valence electrons. The molecule has 0 aliphatic carbocycles. The van der Waals surface area contributed by atoms with E-state index in [1.807, 2.05) is 27.8 Å². The number of aromatic nitrogens is 3. The molecule has 0 spiro atoms. The summed E-state index contributed by atoms with van der Waals surface area (Å²) in [6.45, 7) is 5.91. The van der Waals surface area contributed by atoms with Gasteiger partial charge in [-0.2, -0.15) is 10.4 Å². The molecule has 0 aromatic carbocycles. The second kappa shape index (κ2) is 4.56. The van der Waals surface area contributed by atoms with Crippen LogP contribution in [-0.4, -0.2) is 14.8 Å². The van der Waals surface area contributed by atoms with Crippen LogP contribution in [-0.2, 0) is 7.05 Å². The molecule has 4 nitrogen and oxygen atoms in total. The summed E-state index contributed by atoms with van der Waals surface area (Å²) in [5.41, 5.74) is 3.31. The van der Waals surface area contributed by atoms with Crippen molar-refractivity contribution in [3.63, 3.8) is 0 Å². The Kier molecular flexibility index (Phi) is 3.40. The fraction of sp³-hybridized carbons (Fsp3) is 0.364. The van der Waals surface area contributed by atoms with Crippen molar-refractivity contribution in [2.75, 3.05) is 0 Å². The van der Waals surface area contributed by atoms with Crippen LogP contribution in [0.25, 0.3) is 11.0 Å². The zero-order chi connectivity index (χ0) is 11.4. The molecule has 0 bridgehead atoms. The van der Waals surface area contributed by atoms with Gasteiger partial charge in [-0.05, 0) is 12.5 Å². The van der Waals surface area contributed by atoms with Gasteiger partial charge in [0, 0.05) is 13.2 Å². The van der Waals surface area contributed by atoms with E-state index in [1.165, 1.54) is 0 Å². The van der Waals surface area contributed by atoms with E-state index in [1.54, 1.807) is 17.1 Å². The van der Waals surface area contributed by atoms with Crippen LogP contribution < -0.4 is 0 Å². The van der Waals surface area contributed by atoms with E-state index in [-0.39, 0.29) is 0 Å². The first-order valence-corrected chi connectivity index (χ1v) is 4.91. The van der Waals surface area contributed by atoms with Gasteiger partial charge in [0.2, 0.25) is 0 Å². The van der Waals surface area contributed by atoms with Crippen molar-refractivity contribution in [1.82, 2.24) is 14.8 Å². The van der Waals surface area contributed by atoms with Gasteiger partial charge in [-0.1, -0.05) is 13.8 Å². The Hall–Kier alpha value is -1.89. The van der Waals surface area contributed by atoms with Gasteiger partial charge >= 0.3 is 0 Å². The fourth-order valence-corrected chi connectivity index (χ4v) is 1.43. The highest BCUT2D eigenvalue weighted by molar-refractivity contribution is 5.79. The maximum absolute atomic E-state index is 8.79. The summed E-state index contributed by atoms with van der Waals surface area (Å²) in [5, 5.41) is 12.9. The summed E-state index contributed by atoms with van der Waals surface area (Å²) < 4.78 is 1.73. The van der Waals surface area contributed by atoms with Gasteiger partial charge in [0.1, 0.15) is 11.6 Å². The van der Waals surface area contributed by atoms with Gasteiger partial charge in [-0.3, -0.25) is 9.67 Å². The lowest BCUT2D eigenvalue weighted by Gasteiger charge is -1.99. The van der Waals surface area contributed by atoms with Crippen LogP contribution in [0.5, 0.6) is 0 Å². The van der Waals surface area contributed by atoms with Crippen molar-refractivity contribution in [1.29, 1.82) is 5.26 Å². The average Bonchev–Trinajstić information content (AvgIpc) is 2.65. The van der Waals surface area contributed by atoms with Crippen LogP contribution in [0.1, 0.15) is 25.0 Å². The number of pyridine rings is 1. The van der Waals surface area contributed by atoms with E-state index in [4.69, 9.17) is 5.26 Å². The Labute approximate surface area is 89.2 Å². The van der Waals surface area contributed by atoms with Gasteiger partial charge in [-0.25, -0.2) is 0 Å². The number of nitriles is 1. The molecule has 15 heavy (non-hydrogen) atoms. The first-order chi connectivity index (χ1) is 7.24. The second-order valence-corrected chi connectivity index (χ2v) is 2.91. The molecule has 2 heterocycles. The Morgan fingerprint density at radius 3 is 2.60 bits per heavy atom. The number of aryl methyl sites for hydroxylation is 2. The molecular formula is C11H14N4. The molecule has 0 saturated carbocycles. The summed E-state index contributed by atoms with van der Waals surface area (Å²) in [4.78, 5) is 4.13. The van der Waals surface area contributed by atoms with Crippen LogP contribution in [0.2, 0.25) is 0 Å². The number of rotatable bonds is 0. The minimum atomic E-state index is 0.608. The summed E-state index contributed by atoms with van der Waals surface area (Å²) in [6.07, 6.45) is 3.28. The van der Waals surface area contributed by atoms with Crippen LogP contribution in [0.3, 0.4) is 0 Å². The molecule has 2 aromatic heterocycles. The van der Waals surface area contributed by atoms with Crippen LogP contribution >= 0.6 is 0 Å². The summed E-state index contributed by atoms with van der Waals surface area (Å²) in [6, 6.07) is 2.10. The molecule has 0 aliphatic rings. The van der Waals surface area contributed by atoms with E-state index in [9.17, 15) is 0 Å². The molecule has 0 aliphatic heterocycles. The Balaban J connectivity index is 0.000000531. The highest BCUT2D eigenvalue weighted by atomic mass is 15.3. The standard InChI is InChI=1S/C9H8N4.C2H6/c1-6-7(3-10)4-11-8-5-12-13(2)9(6)8;1-2/h4-5H,1-2H3;1-2H3. The molecular weight excluding hydrogens is 188 g/mol. The molecule has 0 fully saturated rings. The predicted octanol–water partition coefficient (Wildman–Crippen LogP) is 2.17. The first-order valence-electron chi connectivity index (χ1n) is 4.91. The Morgan fingerprint density at radius 2 is 2.00 bits per heavy atom. The van der Waals surface area contributed by atoms with Crippen molar-refractivity contribution in [3.8, 4) is 6.07 Å². The molecule has 0 radical (unpaired) electrons. The van der Waals surface area contributed by atoms with E-state index in [0.717, 1.165) is 16.6 Å². The third-order valence-corrected chi connectivity index (χ3v) is 2.13. The molecule has 0 saturated heterocycles. The molecule has 0 unspecified atom stereocenters. The maximum atomic E-state index is 8.79. The Bertz CT molecular complexity index is 505. The number of hydrogen-bond acceptors (Lipinski definition) is 3. The summed E-state index contributed by atoms with van der Waals surface area (Å²) in [7, 11) is 1.85. The SMILES string of the molecule is CC.Cc1c(C#N)cnc2cnn(C)c12. The third-order valence-electron chi connectivity index (χ3n) is 2.13. The highest BCUT2D eigenvalue weighted by Gasteiger charge is 2.07. The minimum absolute atomic E-state index is 0.608. The van der Waals surface area contributed by atoms with Crippen molar-refractivity contribution in [2.24, 2.45) is 7.05 Å². The van der Waals surface area contributed by atoms with Crippen LogP contribution in [0.4, 0.5) is 0 Å². The van der Waals surface area contributed by atoms with Gasteiger partial charge in [-0.15, -0.1) is 0 Å². The van der Waals surface area contributed by atoms with Gasteiger partial charge in [0.15, 0.2) is 0 Å². The predicted molar refractivity (Wildman–Crippen MR) is 59.3 cm³/mol. The molecule has 2 aromatic rings. The van der Waals surface area contributed by atoms with Crippen LogP contribution in [0, 0.1) is 18.3 Å². The normalized spacial score (nSPS) is 9.27. The molecule has 4 heteroatoms. The number of nitrogens with zero attached hydrogens (tertiary/aromatic N) is 4. The lowest BCUT2D eigenvalue weighted by molar-refractivity contribution is 0.794. The zero-order valence-electron chi connectivity index (χ0n) is 9.44. The Morgan fingerprint density at radius 1 is 1.33 bits per heavy atom. The monoisotopic (exact) mass is 202 g/mol. The van der Waals surface area contributed by atoms with Gasteiger partial charge in [0.25, 0.3) is 0 Å². The van der Waals surface area contributed by atoms with Gasteiger partial charge < -0.3 is 0 Å². The topological polar surface area (TPSA) is 54.5 Å². The minimum Gasteiger partial charge on any atom is -0.266 e. The largest absolute Gasteiger partial charge is 0.266 e. The van der Waals surface area contributed by atoms with Gasteiger partial charge in [0.05, 0.1) is 17.3 Å². The average molecular weight is 202 g/mol. The maximum Gasteiger partial charge on any atom is 0.109 e. The van der Waals surface area contributed by atoms with Crippen molar-refractivity contribution >= 4 is 11.0 Å². The smallest absolute Gasteiger partial charge is 0.109 e. The third kappa shape index (κ3) is 1.82. The number of fused-ring (bicyclic) bond motifs is 1. The molecule has 0 N–H and O–H groups in total. The van der Waals surface area contributed by atoms with E-state index in [2.05, 4.69) is 16.2 Å². The highest BCUT2D eigenvalue weighted by Crippen LogP contribution is 2.17. The van der Waals surface area contributed by atoms with Crippen LogP contribution in [0.15, 0.2) is 12.4 Å². The summed E-state index contributed by atoms with van der Waals surface area (Å²) in [5.74, 6) is 0. The van der Waals surface area contributed by atoms with E-state index in [0.29, 0.717) is 5.56 Å². The lowest BCUT2D eigenvalue weighted by Crippen LogP contribution is -1.94. The van der Waals surface area contributed by atoms with Crippen molar-refractivity contribution < 1.29 is 0 Å². The zero-order valence-corrected chi connectivity index (χ0v) is 9.44. The van der Waals surface area contributed by atoms with Crippen molar-refractivity contribution in [2.45, 2.75) is 20.8 Å². The molecule has 0 amide bonds. The summed E-state index contributed by atoms with van der Waals surface area (Å²) >= 11 is 0. The second-order valence-electron chi connectivity index (χ2n) is 2.91. The van der Waals surface area contributed by atoms with E-state index >= 15 is 0 Å². The van der Waals surface area contributed by atoms with Crippen molar-refractivity contribution in [3.05, 3.63) is 23.5 Å². The molecule has 2 rings (SSSR count). The molecule has 0 atom stereocenters. The lowest BCUT2D eigenvalue weighted by atomic mass is 10.1. The quantitative estimate of drug-likeness (QED) is 0.658. The van der Waals surface area contributed by atoms with E-state index < -0.39 is 0 Å². The first kappa shape index (κ1) is 11.2. The number of hydrogen-bond donors (Lipinski definition) is 0.